The fourth-order valence-corrected chi connectivity index (χ4v) is 2.74. The number of carbonyl (C=O) groups is 2. The van der Waals surface area contributed by atoms with Gasteiger partial charge in [0, 0.05) is 25.6 Å². The largest absolute Gasteiger partial charge is 0.378 e. The maximum absolute atomic E-state index is 12.1. The first-order valence-corrected chi connectivity index (χ1v) is 7.56. The number of hydrogen-bond donors (Lipinski definition) is 2. The molecular weight excluding hydrogens is 294 g/mol. The molecule has 122 valence electrons. The molecule has 2 rings (SSSR count). The van der Waals surface area contributed by atoms with E-state index < -0.39 is 6.04 Å². The lowest BCUT2D eigenvalue weighted by atomic mass is 10.1. The second-order valence-corrected chi connectivity index (χ2v) is 5.56. The fourth-order valence-electron chi connectivity index (χ4n) is 2.74. The van der Waals surface area contributed by atoms with E-state index in [0.29, 0.717) is 38.8 Å². The Morgan fingerprint density at radius 2 is 2.10 bits per heavy atom. The van der Waals surface area contributed by atoms with E-state index in [2.05, 4.69) is 10.6 Å². The predicted molar refractivity (Wildman–Crippen MR) is 82.5 cm³/mol. The fraction of sp³-hybridized carbons (Fsp3) is 0.857. The number of carbonyl (C=O) groups excluding carboxylic acids is 2. The van der Waals surface area contributed by atoms with E-state index in [4.69, 9.17) is 4.74 Å². The predicted octanol–water partition coefficient (Wildman–Crippen LogP) is 0.304. The van der Waals surface area contributed by atoms with E-state index in [1.54, 1.807) is 11.8 Å². The molecule has 0 aromatic rings. The third kappa shape index (κ3) is 5.80. The van der Waals surface area contributed by atoms with Gasteiger partial charge in [-0.2, -0.15) is 0 Å². The van der Waals surface area contributed by atoms with Crippen LogP contribution in [-0.2, 0) is 14.3 Å². The second kappa shape index (κ2) is 9.23. The molecule has 0 bridgehead atoms. The highest BCUT2D eigenvalue weighted by Crippen LogP contribution is 2.10. The zero-order chi connectivity index (χ0) is 14.4. The minimum Gasteiger partial charge on any atom is -0.378 e. The molecule has 2 unspecified atom stereocenters. The highest BCUT2D eigenvalue weighted by atomic mass is 35.5. The summed E-state index contributed by atoms with van der Waals surface area (Å²) in [6.45, 7) is 5.21. The molecule has 2 aliphatic rings. The number of hydrogen-bond acceptors (Lipinski definition) is 4. The molecule has 0 aliphatic carbocycles. The van der Waals surface area contributed by atoms with Gasteiger partial charge < -0.3 is 20.3 Å². The van der Waals surface area contributed by atoms with Crippen molar-refractivity contribution in [2.75, 3.05) is 32.8 Å². The van der Waals surface area contributed by atoms with E-state index >= 15 is 0 Å². The van der Waals surface area contributed by atoms with E-state index in [-0.39, 0.29) is 24.2 Å². The van der Waals surface area contributed by atoms with E-state index in [0.717, 1.165) is 19.4 Å². The van der Waals surface area contributed by atoms with Crippen LogP contribution in [0.3, 0.4) is 0 Å². The van der Waals surface area contributed by atoms with Crippen molar-refractivity contribution in [3.63, 3.8) is 0 Å². The molecule has 2 atom stereocenters. The van der Waals surface area contributed by atoms with E-state index in [1.807, 2.05) is 0 Å². The van der Waals surface area contributed by atoms with Gasteiger partial charge >= 0.3 is 0 Å². The van der Waals surface area contributed by atoms with Crippen LogP contribution in [0.1, 0.15) is 32.6 Å². The molecule has 2 amide bonds. The summed E-state index contributed by atoms with van der Waals surface area (Å²) in [6.07, 6.45) is 3.68. The summed E-state index contributed by atoms with van der Waals surface area (Å²) in [7, 11) is 0. The van der Waals surface area contributed by atoms with Crippen LogP contribution >= 0.6 is 12.4 Å². The number of halogens is 1. The summed E-state index contributed by atoms with van der Waals surface area (Å²) >= 11 is 0. The number of nitrogens with zero attached hydrogens (tertiary/aromatic N) is 1. The molecular formula is C14H26ClN3O3. The van der Waals surface area contributed by atoms with Gasteiger partial charge in [0.1, 0.15) is 6.04 Å². The Labute approximate surface area is 132 Å². The van der Waals surface area contributed by atoms with Gasteiger partial charge in [-0.15, -0.1) is 12.4 Å². The van der Waals surface area contributed by atoms with Gasteiger partial charge in [0.2, 0.25) is 11.8 Å². The Kier molecular flexibility index (Phi) is 8.00. The topological polar surface area (TPSA) is 70.7 Å². The van der Waals surface area contributed by atoms with Crippen LogP contribution in [0.5, 0.6) is 0 Å². The van der Waals surface area contributed by atoms with Crippen molar-refractivity contribution in [3.05, 3.63) is 0 Å². The third-order valence-electron chi connectivity index (χ3n) is 3.95. The van der Waals surface area contributed by atoms with Gasteiger partial charge in [0.05, 0.1) is 13.2 Å². The van der Waals surface area contributed by atoms with Gasteiger partial charge in [0.25, 0.3) is 0 Å². The number of morpholine rings is 1. The lowest BCUT2D eigenvalue weighted by Crippen LogP contribution is -2.50. The quantitative estimate of drug-likeness (QED) is 0.765. The molecule has 0 aromatic heterocycles. The van der Waals surface area contributed by atoms with Crippen molar-refractivity contribution in [2.45, 2.75) is 44.7 Å². The summed E-state index contributed by atoms with van der Waals surface area (Å²) in [5.74, 6) is -0.0477. The van der Waals surface area contributed by atoms with Gasteiger partial charge in [-0.3, -0.25) is 9.59 Å². The Morgan fingerprint density at radius 3 is 2.71 bits per heavy atom. The van der Waals surface area contributed by atoms with Crippen molar-refractivity contribution >= 4 is 24.2 Å². The summed E-state index contributed by atoms with van der Waals surface area (Å²) in [6, 6.07) is 0.0168. The first-order chi connectivity index (χ1) is 9.66. The Balaban J connectivity index is 0.00000220. The van der Waals surface area contributed by atoms with Crippen LogP contribution in [-0.4, -0.2) is 61.6 Å². The average molecular weight is 320 g/mol. The summed E-state index contributed by atoms with van der Waals surface area (Å²) in [4.78, 5) is 25.8. The minimum absolute atomic E-state index is 0. The van der Waals surface area contributed by atoms with E-state index in [9.17, 15) is 9.59 Å². The maximum Gasteiger partial charge on any atom is 0.245 e. The van der Waals surface area contributed by atoms with Crippen molar-refractivity contribution in [2.24, 2.45) is 0 Å². The van der Waals surface area contributed by atoms with Gasteiger partial charge in [-0.05, 0) is 32.7 Å². The molecule has 2 fully saturated rings. The molecule has 7 heteroatoms. The first kappa shape index (κ1) is 18.2. The normalized spacial score (nSPS) is 23.3. The number of nitrogens with one attached hydrogen (secondary N) is 2. The molecule has 2 heterocycles. The smallest absolute Gasteiger partial charge is 0.245 e. The van der Waals surface area contributed by atoms with Crippen molar-refractivity contribution in [3.8, 4) is 0 Å². The van der Waals surface area contributed by atoms with Gasteiger partial charge in [0.15, 0.2) is 0 Å². The van der Waals surface area contributed by atoms with Crippen molar-refractivity contribution < 1.29 is 14.3 Å². The molecule has 2 aliphatic heterocycles. The number of ether oxygens (including phenoxy) is 1. The van der Waals surface area contributed by atoms with Gasteiger partial charge in [-0.25, -0.2) is 0 Å². The molecule has 0 spiro atoms. The summed E-state index contributed by atoms with van der Waals surface area (Å²) in [5.41, 5.74) is 0. The average Bonchev–Trinajstić information content (AvgIpc) is 2.98. The Hall–Kier alpha value is -0.850. The van der Waals surface area contributed by atoms with Gasteiger partial charge in [-0.1, -0.05) is 0 Å². The van der Waals surface area contributed by atoms with Crippen LogP contribution in [0.4, 0.5) is 0 Å². The first-order valence-electron chi connectivity index (χ1n) is 7.56. The van der Waals surface area contributed by atoms with Crippen molar-refractivity contribution in [1.29, 1.82) is 0 Å². The molecule has 21 heavy (non-hydrogen) atoms. The molecule has 6 nitrogen and oxygen atoms in total. The zero-order valence-corrected chi connectivity index (χ0v) is 13.4. The SMILES string of the molecule is CC(NC(=O)CCC1CCCN1)C(=O)N1CCOCC1.Cl. The summed E-state index contributed by atoms with van der Waals surface area (Å²) < 4.78 is 5.22. The lowest BCUT2D eigenvalue weighted by molar-refractivity contribution is -0.139. The summed E-state index contributed by atoms with van der Waals surface area (Å²) in [5, 5.41) is 6.17. The molecule has 0 aromatic carbocycles. The van der Waals surface area contributed by atoms with Crippen LogP contribution in [0.15, 0.2) is 0 Å². The highest BCUT2D eigenvalue weighted by Gasteiger charge is 2.24. The monoisotopic (exact) mass is 319 g/mol. The second-order valence-electron chi connectivity index (χ2n) is 5.56. The van der Waals surface area contributed by atoms with Crippen LogP contribution in [0.2, 0.25) is 0 Å². The van der Waals surface area contributed by atoms with E-state index in [1.165, 1.54) is 6.42 Å². The number of rotatable bonds is 5. The number of amides is 2. The molecule has 2 N–H and O–H groups in total. The van der Waals surface area contributed by atoms with Crippen LogP contribution in [0.25, 0.3) is 0 Å². The van der Waals surface area contributed by atoms with Crippen LogP contribution in [0, 0.1) is 0 Å². The molecule has 2 saturated heterocycles. The lowest BCUT2D eigenvalue weighted by Gasteiger charge is -2.29. The molecule has 0 radical (unpaired) electrons. The third-order valence-corrected chi connectivity index (χ3v) is 3.95. The maximum atomic E-state index is 12.1. The van der Waals surface area contributed by atoms with Crippen LogP contribution < -0.4 is 10.6 Å². The minimum atomic E-state index is -0.447. The Morgan fingerprint density at radius 1 is 1.38 bits per heavy atom. The molecule has 0 saturated carbocycles. The standard InChI is InChI=1S/C14H25N3O3.ClH/c1-11(14(19)17-7-9-20-10-8-17)16-13(18)5-4-12-3-2-6-15-12;/h11-12,15H,2-10H2,1H3,(H,16,18);1H. The Bertz CT molecular complexity index is 342. The zero-order valence-electron chi connectivity index (χ0n) is 12.6. The highest BCUT2D eigenvalue weighted by molar-refractivity contribution is 5.87. The van der Waals surface area contributed by atoms with Crippen molar-refractivity contribution in [1.82, 2.24) is 15.5 Å².